The highest BCUT2D eigenvalue weighted by molar-refractivity contribution is 7.89. The van der Waals surface area contributed by atoms with Gasteiger partial charge in [-0.3, -0.25) is 4.79 Å². The molecule has 0 aliphatic carbocycles. The van der Waals surface area contributed by atoms with E-state index in [9.17, 15) is 13.2 Å². The summed E-state index contributed by atoms with van der Waals surface area (Å²) in [5.41, 5.74) is 2.14. The molecule has 0 spiro atoms. The molecule has 0 bridgehead atoms. The van der Waals surface area contributed by atoms with Gasteiger partial charge < -0.3 is 5.32 Å². The van der Waals surface area contributed by atoms with Gasteiger partial charge in [0.15, 0.2) is 0 Å². The van der Waals surface area contributed by atoms with Gasteiger partial charge in [-0.1, -0.05) is 45.4 Å². The maximum Gasteiger partial charge on any atom is 0.255 e. The fraction of sp³-hybridized carbons (Fsp3) is 0.350. The van der Waals surface area contributed by atoms with Crippen LogP contribution in [0.4, 0.5) is 5.69 Å². The number of anilines is 1. The Morgan fingerprint density at radius 3 is 2.38 bits per heavy atom. The molecule has 0 radical (unpaired) electrons. The second-order valence-electron chi connectivity index (χ2n) is 6.51. The predicted molar refractivity (Wildman–Crippen MR) is 105 cm³/mol. The predicted octanol–water partition coefficient (Wildman–Crippen LogP) is 4.14. The summed E-state index contributed by atoms with van der Waals surface area (Å²) in [6, 6.07) is 13.7. The Morgan fingerprint density at radius 2 is 1.77 bits per heavy atom. The van der Waals surface area contributed by atoms with Gasteiger partial charge in [-0.2, -0.15) is 0 Å². The lowest BCUT2D eigenvalue weighted by molar-refractivity contribution is 0.102. The van der Waals surface area contributed by atoms with Crippen molar-refractivity contribution in [3.63, 3.8) is 0 Å². The second kappa shape index (κ2) is 8.96. The number of sulfonamides is 1. The zero-order chi connectivity index (χ0) is 19.2. The summed E-state index contributed by atoms with van der Waals surface area (Å²) in [6.07, 6.45) is 1.69. The van der Waals surface area contributed by atoms with E-state index >= 15 is 0 Å². The molecule has 2 N–H and O–H groups in total. The number of nitrogens with one attached hydrogen (secondary N) is 2. The van der Waals surface area contributed by atoms with E-state index in [1.54, 1.807) is 24.3 Å². The van der Waals surface area contributed by atoms with Crippen molar-refractivity contribution in [2.24, 2.45) is 0 Å². The third kappa shape index (κ3) is 5.41. The van der Waals surface area contributed by atoms with E-state index in [4.69, 9.17) is 0 Å². The summed E-state index contributed by atoms with van der Waals surface area (Å²) < 4.78 is 27.1. The van der Waals surface area contributed by atoms with Crippen molar-refractivity contribution in [3.8, 4) is 0 Å². The summed E-state index contributed by atoms with van der Waals surface area (Å²) in [5.74, 6) is 0.128. The van der Waals surface area contributed by atoms with Crippen LogP contribution in [0.1, 0.15) is 55.5 Å². The van der Waals surface area contributed by atoms with Gasteiger partial charge >= 0.3 is 0 Å². The van der Waals surface area contributed by atoms with Crippen molar-refractivity contribution >= 4 is 21.6 Å². The monoisotopic (exact) mass is 374 g/mol. The van der Waals surface area contributed by atoms with Gasteiger partial charge in [-0.25, -0.2) is 13.1 Å². The Labute approximate surface area is 155 Å². The van der Waals surface area contributed by atoms with Crippen molar-refractivity contribution in [3.05, 3.63) is 59.7 Å². The zero-order valence-electron chi connectivity index (χ0n) is 15.5. The highest BCUT2D eigenvalue weighted by Gasteiger charge is 2.14. The zero-order valence-corrected chi connectivity index (χ0v) is 16.3. The highest BCUT2D eigenvalue weighted by atomic mass is 32.2. The number of rotatable bonds is 8. The van der Waals surface area contributed by atoms with Gasteiger partial charge in [-0.15, -0.1) is 0 Å². The highest BCUT2D eigenvalue weighted by Crippen LogP contribution is 2.18. The van der Waals surface area contributed by atoms with Gasteiger partial charge in [0.1, 0.15) is 0 Å². The molecule has 26 heavy (non-hydrogen) atoms. The molecule has 2 aromatic rings. The molecule has 0 aromatic heterocycles. The Kier molecular flexibility index (Phi) is 6.94. The van der Waals surface area contributed by atoms with Gasteiger partial charge in [0.25, 0.3) is 5.91 Å². The van der Waals surface area contributed by atoms with Gasteiger partial charge in [0.05, 0.1) is 4.90 Å². The summed E-state index contributed by atoms with van der Waals surface area (Å²) in [6.45, 7) is 6.58. The number of benzene rings is 2. The van der Waals surface area contributed by atoms with Crippen LogP contribution in [0, 0.1) is 0 Å². The molecule has 0 fully saturated rings. The van der Waals surface area contributed by atoms with Crippen LogP contribution in [0.25, 0.3) is 0 Å². The van der Waals surface area contributed by atoms with E-state index in [2.05, 4.69) is 23.9 Å². The maximum absolute atomic E-state index is 12.4. The maximum atomic E-state index is 12.4. The minimum atomic E-state index is -3.57. The SMILES string of the molecule is CCCCNS(=O)(=O)c1cccc(NC(=O)c2ccc(C(C)C)cc2)c1. The third-order valence-electron chi connectivity index (χ3n) is 4.06. The molecule has 0 saturated carbocycles. The third-order valence-corrected chi connectivity index (χ3v) is 5.52. The van der Waals surface area contributed by atoms with E-state index in [0.717, 1.165) is 18.4 Å². The minimum Gasteiger partial charge on any atom is -0.322 e. The van der Waals surface area contributed by atoms with E-state index in [1.165, 1.54) is 12.1 Å². The van der Waals surface area contributed by atoms with Crippen LogP contribution in [0.3, 0.4) is 0 Å². The molecule has 140 valence electrons. The molecule has 5 nitrogen and oxygen atoms in total. The number of carbonyl (C=O) groups excluding carboxylic acids is 1. The average Bonchev–Trinajstić information content (AvgIpc) is 2.62. The van der Waals surface area contributed by atoms with E-state index in [0.29, 0.717) is 23.7 Å². The second-order valence-corrected chi connectivity index (χ2v) is 8.28. The molecular weight excluding hydrogens is 348 g/mol. The summed E-state index contributed by atoms with van der Waals surface area (Å²) >= 11 is 0. The molecule has 0 aliphatic heterocycles. The number of hydrogen-bond acceptors (Lipinski definition) is 3. The summed E-state index contributed by atoms with van der Waals surface area (Å²) in [4.78, 5) is 12.5. The van der Waals surface area contributed by atoms with Crippen LogP contribution < -0.4 is 10.0 Å². The van der Waals surface area contributed by atoms with Crippen LogP contribution in [0.2, 0.25) is 0 Å². The molecule has 1 amide bonds. The topological polar surface area (TPSA) is 75.3 Å². The number of amides is 1. The Bertz CT molecular complexity index is 844. The smallest absolute Gasteiger partial charge is 0.255 e. The van der Waals surface area contributed by atoms with Crippen molar-refractivity contribution in [1.29, 1.82) is 0 Å². The van der Waals surface area contributed by atoms with Crippen molar-refractivity contribution in [1.82, 2.24) is 4.72 Å². The van der Waals surface area contributed by atoms with Crippen molar-refractivity contribution < 1.29 is 13.2 Å². The molecule has 6 heteroatoms. The number of carbonyl (C=O) groups is 1. The van der Waals surface area contributed by atoms with Crippen molar-refractivity contribution in [2.45, 2.75) is 44.4 Å². The van der Waals surface area contributed by atoms with Crippen LogP contribution in [-0.4, -0.2) is 20.9 Å². The first-order valence-corrected chi connectivity index (χ1v) is 10.3. The molecule has 0 unspecified atom stereocenters. The minimum absolute atomic E-state index is 0.140. The normalized spacial score (nSPS) is 11.5. The first kappa shape index (κ1) is 20.1. The standard InChI is InChI=1S/C20H26N2O3S/c1-4-5-13-21-26(24,25)19-8-6-7-18(14-19)22-20(23)17-11-9-16(10-12-17)15(2)3/h6-12,14-15,21H,4-5,13H2,1-3H3,(H,22,23). The summed E-state index contributed by atoms with van der Waals surface area (Å²) in [7, 11) is -3.57. The van der Waals surface area contributed by atoms with E-state index in [1.807, 2.05) is 19.1 Å². The largest absolute Gasteiger partial charge is 0.322 e. The molecule has 2 aromatic carbocycles. The fourth-order valence-electron chi connectivity index (χ4n) is 2.43. The molecule has 0 heterocycles. The van der Waals surface area contributed by atoms with Crippen LogP contribution in [-0.2, 0) is 10.0 Å². The van der Waals surface area contributed by atoms with Crippen molar-refractivity contribution in [2.75, 3.05) is 11.9 Å². The van der Waals surface area contributed by atoms with E-state index in [-0.39, 0.29) is 10.8 Å². The fourth-order valence-corrected chi connectivity index (χ4v) is 3.55. The van der Waals surface area contributed by atoms with Crippen LogP contribution >= 0.6 is 0 Å². The van der Waals surface area contributed by atoms with E-state index < -0.39 is 10.0 Å². The van der Waals surface area contributed by atoms with Crippen LogP contribution in [0.15, 0.2) is 53.4 Å². The Hall–Kier alpha value is -2.18. The van der Waals surface area contributed by atoms with Crippen LogP contribution in [0.5, 0.6) is 0 Å². The number of hydrogen-bond donors (Lipinski definition) is 2. The first-order valence-electron chi connectivity index (χ1n) is 8.84. The lowest BCUT2D eigenvalue weighted by Gasteiger charge is -2.10. The molecule has 0 atom stereocenters. The molecule has 2 rings (SSSR count). The quantitative estimate of drug-likeness (QED) is 0.682. The molecule has 0 saturated heterocycles. The number of unbranched alkanes of at least 4 members (excludes halogenated alkanes) is 1. The van der Waals surface area contributed by atoms with Gasteiger partial charge in [0, 0.05) is 17.8 Å². The molecule has 0 aliphatic rings. The van der Waals surface area contributed by atoms with Gasteiger partial charge in [-0.05, 0) is 48.2 Å². The molecular formula is C20H26N2O3S. The Morgan fingerprint density at radius 1 is 1.08 bits per heavy atom. The average molecular weight is 375 g/mol. The first-order chi connectivity index (χ1) is 12.3. The van der Waals surface area contributed by atoms with Gasteiger partial charge in [0.2, 0.25) is 10.0 Å². The Balaban J connectivity index is 2.11. The lowest BCUT2D eigenvalue weighted by atomic mass is 10.0. The summed E-state index contributed by atoms with van der Waals surface area (Å²) in [5, 5.41) is 2.76. The lowest BCUT2D eigenvalue weighted by Crippen LogP contribution is -2.24.